The van der Waals surface area contributed by atoms with E-state index in [-0.39, 0.29) is 23.0 Å². The van der Waals surface area contributed by atoms with Gasteiger partial charge in [-0.05, 0) is 37.0 Å². The fourth-order valence-corrected chi connectivity index (χ4v) is 5.58. The molecule has 3 rings (SSSR count). The molecule has 2 aromatic rings. The molecule has 0 aliphatic heterocycles. The van der Waals surface area contributed by atoms with Gasteiger partial charge >= 0.3 is 0 Å². The molecule has 1 aliphatic rings. The highest BCUT2D eigenvalue weighted by Crippen LogP contribution is 2.39. The Labute approximate surface area is 156 Å². The Hall–Kier alpha value is -2.19. The highest BCUT2D eigenvalue weighted by molar-refractivity contribution is 7.91. The van der Waals surface area contributed by atoms with Crippen LogP contribution in [0.4, 0.5) is 5.00 Å². The molecule has 2 N–H and O–H groups in total. The van der Waals surface area contributed by atoms with Crippen LogP contribution in [0, 0.1) is 0 Å². The minimum Gasteiger partial charge on any atom is -0.355 e. The van der Waals surface area contributed by atoms with Crippen molar-refractivity contribution in [3.63, 3.8) is 0 Å². The van der Waals surface area contributed by atoms with Crippen molar-refractivity contribution in [2.24, 2.45) is 0 Å². The summed E-state index contributed by atoms with van der Waals surface area (Å²) in [5, 5.41) is 5.85. The fraction of sp³-hybridized carbons (Fsp3) is 0.333. The number of benzene rings is 1. The van der Waals surface area contributed by atoms with Gasteiger partial charge < -0.3 is 10.6 Å². The first-order chi connectivity index (χ1) is 12.4. The first kappa shape index (κ1) is 18.6. The maximum atomic E-state index is 12.3. The maximum absolute atomic E-state index is 12.3. The average Bonchev–Trinajstić information content (AvgIpc) is 3.21. The smallest absolute Gasteiger partial charge is 0.254 e. The molecule has 0 bridgehead atoms. The lowest BCUT2D eigenvalue weighted by Crippen LogP contribution is -2.22. The Morgan fingerprint density at radius 3 is 2.58 bits per heavy atom. The molecule has 0 spiro atoms. The van der Waals surface area contributed by atoms with Crippen LogP contribution < -0.4 is 10.6 Å². The van der Waals surface area contributed by atoms with Gasteiger partial charge in [-0.15, -0.1) is 11.3 Å². The van der Waals surface area contributed by atoms with E-state index in [4.69, 9.17) is 0 Å². The molecule has 6 nitrogen and oxygen atoms in total. The monoisotopic (exact) mass is 392 g/mol. The van der Waals surface area contributed by atoms with Crippen LogP contribution in [0.1, 0.15) is 33.6 Å². The van der Waals surface area contributed by atoms with Crippen molar-refractivity contribution in [3.05, 3.63) is 46.3 Å². The molecular formula is C18H20N2O4S2. The standard InChI is InChI=1S/C18H20N2O4S2/c1-19-17(22)16-13-8-5-9-14(13)25-18(16)20-15(21)10-11-26(23,24)12-6-3-2-4-7-12/h2-4,6-7H,5,8-11H2,1H3,(H,19,22)(H,20,21). The van der Waals surface area contributed by atoms with E-state index in [9.17, 15) is 18.0 Å². The summed E-state index contributed by atoms with van der Waals surface area (Å²) in [6.45, 7) is 0. The first-order valence-electron chi connectivity index (χ1n) is 8.36. The van der Waals surface area contributed by atoms with Crippen LogP contribution in [0.5, 0.6) is 0 Å². The number of sulfone groups is 1. The highest BCUT2D eigenvalue weighted by atomic mass is 32.2. The third-order valence-corrected chi connectivity index (χ3v) is 7.27. The lowest BCUT2D eigenvalue weighted by Gasteiger charge is -2.08. The molecule has 0 unspecified atom stereocenters. The molecule has 0 saturated heterocycles. The van der Waals surface area contributed by atoms with Crippen LogP contribution in [-0.4, -0.2) is 33.0 Å². The zero-order valence-corrected chi connectivity index (χ0v) is 16.0. The average molecular weight is 393 g/mol. The van der Waals surface area contributed by atoms with Crippen LogP contribution in [0.2, 0.25) is 0 Å². The van der Waals surface area contributed by atoms with Gasteiger partial charge in [0.1, 0.15) is 5.00 Å². The van der Waals surface area contributed by atoms with E-state index in [1.807, 2.05) is 0 Å². The van der Waals surface area contributed by atoms with Gasteiger partial charge in [0.25, 0.3) is 5.91 Å². The molecule has 0 radical (unpaired) electrons. The second-order valence-electron chi connectivity index (χ2n) is 6.07. The minimum atomic E-state index is -3.51. The first-order valence-corrected chi connectivity index (χ1v) is 10.8. The summed E-state index contributed by atoms with van der Waals surface area (Å²) in [6, 6.07) is 8.06. The summed E-state index contributed by atoms with van der Waals surface area (Å²) < 4.78 is 24.6. The summed E-state index contributed by atoms with van der Waals surface area (Å²) in [5.41, 5.74) is 1.52. The predicted octanol–water partition coefficient (Wildman–Crippen LogP) is 2.40. The molecule has 138 valence electrons. The number of carbonyl (C=O) groups excluding carboxylic acids is 2. The van der Waals surface area contributed by atoms with Crippen LogP contribution in [-0.2, 0) is 27.5 Å². The molecule has 0 atom stereocenters. The highest BCUT2D eigenvalue weighted by Gasteiger charge is 2.27. The van der Waals surface area contributed by atoms with Crippen LogP contribution in [0.3, 0.4) is 0 Å². The van der Waals surface area contributed by atoms with Gasteiger partial charge in [0, 0.05) is 18.3 Å². The van der Waals surface area contributed by atoms with E-state index >= 15 is 0 Å². The third-order valence-electron chi connectivity index (χ3n) is 4.33. The number of hydrogen-bond acceptors (Lipinski definition) is 5. The summed E-state index contributed by atoms with van der Waals surface area (Å²) in [4.78, 5) is 25.8. The van der Waals surface area contributed by atoms with Gasteiger partial charge in [0.15, 0.2) is 9.84 Å². The van der Waals surface area contributed by atoms with Crippen molar-refractivity contribution in [2.45, 2.75) is 30.6 Å². The number of thiophene rings is 1. The quantitative estimate of drug-likeness (QED) is 0.790. The Morgan fingerprint density at radius 2 is 1.88 bits per heavy atom. The lowest BCUT2D eigenvalue weighted by molar-refractivity contribution is -0.115. The van der Waals surface area contributed by atoms with Gasteiger partial charge in [-0.2, -0.15) is 0 Å². The van der Waals surface area contributed by atoms with E-state index in [2.05, 4.69) is 10.6 Å². The molecule has 1 aromatic heterocycles. The molecular weight excluding hydrogens is 372 g/mol. The number of carbonyl (C=O) groups is 2. The Bertz CT molecular complexity index is 934. The molecule has 26 heavy (non-hydrogen) atoms. The van der Waals surface area contributed by atoms with E-state index < -0.39 is 15.7 Å². The molecule has 0 saturated carbocycles. The Kier molecular flexibility index (Phi) is 5.43. The van der Waals surface area contributed by atoms with E-state index in [1.165, 1.54) is 23.5 Å². The number of amides is 2. The lowest BCUT2D eigenvalue weighted by atomic mass is 10.1. The molecule has 8 heteroatoms. The molecule has 1 aromatic carbocycles. The third kappa shape index (κ3) is 3.81. The zero-order valence-electron chi connectivity index (χ0n) is 14.4. The van der Waals surface area contributed by atoms with Crippen LogP contribution in [0.15, 0.2) is 35.2 Å². The zero-order chi connectivity index (χ0) is 18.7. The van der Waals surface area contributed by atoms with E-state index in [0.717, 1.165) is 29.7 Å². The molecule has 2 amide bonds. The molecule has 1 aliphatic carbocycles. The Morgan fingerprint density at radius 1 is 1.15 bits per heavy atom. The molecule has 0 fully saturated rings. The number of aryl methyl sites for hydroxylation is 1. The summed E-state index contributed by atoms with van der Waals surface area (Å²) in [5.74, 6) is -0.908. The van der Waals surface area contributed by atoms with Gasteiger partial charge in [-0.3, -0.25) is 9.59 Å². The second-order valence-corrected chi connectivity index (χ2v) is 9.29. The van der Waals surface area contributed by atoms with Gasteiger partial charge in [-0.1, -0.05) is 18.2 Å². The van der Waals surface area contributed by atoms with Crippen molar-refractivity contribution in [1.82, 2.24) is 5.32 Å². The van der Waals surface area contributed by atoms with Crippen molar-refractivity contribution in [2.75, 3.05) is 18.1 Å². The van der Waals surface area contributed by atoms with Crippen molar-refractivity contribution in [3.8, 4) is 0 Å². The number of anilines is 1. The summed E-state index contributed by atoms with van der Waals surface area (Å²) in [6.07, 6.45) is 2.58. The van der Waals surface area contributed by atoms with Crippen molar-refractivity contribution < 1.29 is 18.0 Å². The number of fused-ring (bicyclic) bond motifs is 1. The minimum absolute atomic E-state index is 0.160. The summed E-state index contributed by atoms with van der Waals surface area (Å²) in [7, 11) is -1.96. The Balaban J connectivity index is 1.70. The second kappa shape index (κ2) is 7.59. The summed E-state index contributed by atoms with van der Waals surface area (Å²) >= 11 is 1.41. The van der Waals surface area contributed by atoms with Crippen LogP contribution in [0.25, 0.3) is 0 Å². The normalized spacial score (nSPS) is 13.3. The van der Waals surface area contributed by atoms with E-state index in [0.29, 0.717) is 10.6 Å². The van der Waals surface area contributed by atoms with Crippen LogP contribution >= 0.6 is 11.3 Å². The van der Waals surface area contributed by atoms with Crippen molar-refractivity contribution in [1.29, 1.82) is 0 Å². The molecule has 1 heterocycles. The largest absolute Gasteiger partial charge is 0.355 e. The van der Waals surface area contributed by atoms with E-state index in [1.54, 1.807) is 25.2 Å². The number of rotatable bonds is 6. The SMILES string of the molecule is CNC(=O)c1c(NC(=O)CCS(=O)(=O)c2ccccc2)sc2c1CCC2. The fourth-order valence-electron chi connectivity index (χ4n) is 3.02. The topological polar surface area (TPSA) is 92.3 Å². The van der Waals surface area contributed by atoms with Gasteiger partial charge in [0.2, 0.25) is 5.91 Å². The van der Waals surface area contributed by atoms with Gasteiger partial charge in [-0.25, -0.2) is 8.42 Å². The van der Waals surface area contributed by atoms with Gasteiger partial charge in [0.05, 0.1) is 16.2 Å². The number of hydrogen-bond donors (Lipinski definition) is 2. The number of nitrogens with one attached hydrogen (secondary N) is 2. The predicted molar refractivity (Wildman–Crippen MR) is 101 cm³/mol. The van der Waals surface area contributed by atoms with Crippen molar-refractivity contribution >= 4 is 38.0 Å². The maximum Gasteiger partial charge on any atom is 0.254 e.